The standard InChI is InChI=1S/C15H14ClFN2O/c1-15(14(18)20,10-5-4-6-11(17)9-10)19-13-8-3-2-7-12(13)16/h2-9,19H,1H3,(H2,18,20). The topological polar surface area (TPSA) is 55.1 Å². The molecule has 104 valence electrons. The molecule has 0 saturated heterocycles. The highest BCUT2D eigenvalue weighted by Gasteiger charge is 2.33. The summed E-state index contributed by atoms with van der Waals surface area (Å²) in [5.41, 5.74) is 5.22. The Kier molecular flexibility index (Phi) is 3.95. The smallest absolute Gasteiger partial charge is 0.247 e. The predicted molar refractivity (Wildman–Crippen MR) is 78.0 cm³/mol. The Bertz CT molecular complexity index is 647. The van der Waals surface area contributed by atoms with E-state index in [1.165, 1.54) is 18.2 Å². The fourth-order valence-corrected chi connectivity index (χ4v) is 2.09. The SMILES string of the molecule is CC(Nc1ccccc1Cl)(C(N)=O)c1cccc(F)c1. The first kappa shape index (κ1) is 14.3. The van der Waals surface area contributed by atoms with Crippen LogP contribution in [0.4, 0.5) is 10.1 Å². The van der Waals surface area contributed by atoms with Crippen molar-refractivity contribution in [2.24, 2.45) is 5.73 Å². The number of nitrogens with two attached hydrogens (primary N) is 1. The number of hydrogen-bond donors (Lipinski definition) is 2. The van der Waals surface area contributed by atoms with Crippen LogP contribution in [-0.2, 0) is 10.3 Å². The van der Waals surface area contributed by atoms with Gasteiger partial charge < -0.3 is 11.1 Å². The van der Waals surface area contributed by atoms with Gasteiger partial charge >= 0.3 is 0 Å². The van der Waals surface area contributed by atoms with Crippen molar-refractivity contribution in [2.75, 3.05) is 5.32 Å². The Labute approximate surface area is 121 Å². The van der Waals surface area contributed by atoms with E-state index in [1.807, 2.05) is 0 Å². The highest BCUT2D eigenvalue weighted by atomic mass is 35.5. The minimum absolute atomic E-state index is 0.434. The van der Waals surface area contributed by atoms with Crippen molar-refractivity contribution in [3.8, 4) is 0 Å². The normalized spacial score (nSPS) is 13.6. The van der Waals surface area contributed by atoms with E-state index in [-0.39, 0.29) is 0 Å². The van der Waals surface area contributed by atoms with Crippen LogP contribution in [0.2, 0.25) is 5.02 Å². The summed E-state index contributed by atoms with van der Waals surface area (Å²) in [7, 11) is 0. The second-order valence-corrected chi connectivity index (χ2v) is 5.01. The van der Waals surface area contributed by atoms with Gasteiger partial charge in [0, 0.05) is 0 Å². The maximum Gasteiger partial charge on any atom is 0.247 e. The third-order valence-corrected chi connectivity index (χ3v) is 3.48. The highest BCUT2D eigenvalue weighted by Crippen LogP contribution is 2.30. The van der Waals surface area contributed by atoms with E-state index < -0.39 is 17.3 Å². The predicted octanol–water partition coefficient (Wildman–Crippen LogP) is 3.29. The van der Waals surface area contributed by atoms with E-state index in [0.717, 1.165) is 0 Å². The monoisotopic (exact) mass is 292 g/mol. The lowest BCUT2D eigenvalue weighted by Crippen LogP contribution is -2.45. The summed E-state index contributed by atoms with van der Waals surface area (Å²) in [4.78, 5) is 11.8. The van der Waals surface area contributed by atoms with Crippen molar-refractivity contribution in [3.63, 3.8) is 0 Å². The summed E-state index contributed by atoms with van der Waals surface area (Å²) in [5, 5.41) is 3.45. The fourth-order valence-electron chi connectivity index (χ4n) is 1.91. The number of para-hydroxylation sites is 1. The molecule has 0 aromatic heterocycles. The molecule has 0 aliphatic carbocycles. The van der Waals surface area contributed by atoms with E-state index in [4.69, 9.17) is 17.3 Å². The molecule has 0 aliphatic heterocycles. The number of halogens is 2. The molecule has 5 heteroatoms. The number of benzene rings is 2. The molecule has 0 saturated carbocycles. The van der Waals surface area contributed by atoms with E-state index in [9.17, 15) is 9.18 Å². The van der Waals surface area contributed by atoms with Crippen LogP contribution < -0.4 is 11.1 Å². The molecule has 2 rings (SSSR count). The molecule has 1 unspecified atom stereocenters. The molecule has 0 fully saturated rings. The summed E-state index contributed by atoms with van der Waals surface area (Å²) < 4.78 is 13.4. The number of anilines is 1. The van der Waals surface area contributed by atoms with Crippen molar-refractivity contribution < 1.29 is 9.18 Å². The van der Waals surface area contributed by atoms with Gasteiger partial charge in [-0.3, -0.25) is 4.79 Å². The van der Waals surface area contributed by atoms with Crippen molar-refractivity contribution in [1.29, 1.82) is 0 Å². The zero-order valence-electron chi connectivity index (χ0n) is 10.9. The van der Waals surface area contributed by atoms with Gasteiger partial charge in [0.2, 0.25) is 5.91 Å². The van der Waals surface area contributed by atoms with Gasteiger partial charge in [-0.15, -0.1) is 0 Å². The van der Waals surface area contributed by atoms with E-state index in [1.54, 1.807) is 37.3 Å². The number of rotatable bonds is 4. The van der Waals surface area contributed by atoms with Gasteiger partial charge in [0.25, 0.3) is 0 Å². The van der Waals surface area contributed by atoms with Crippen LogP contribution in [-0.4, -0.2) is 5.91 Å². The van der Waals surface area contributed by atoms with Crippen LogP contribution >= 0.6 is 11.6 Å². The molecular weight excluding hydrogens is 279 g/mol. The molecule has 0 bridgehead atoms. The molecule has 0 radical (unpaired) electrons. The minimum atomic E-state index is -1.26. The lowest BCUT2D eigenvalue weighted by Gasteiger charge is -2.29. The maximum atomic E-state index is 13.4. The summed E-state index contributed by atoms with van der Waals surface area (Å²) in [6.07, 6.45) is 0. The van der Waals surface area contributed by atoms with Crippen LogP contribution in [0.25, 0.3) is 0 Å². The van der Waals surface area contributed by atoms with Crippen LogP contribution in [0.5, 0.6) is 0 Å². The fraction of sp³-hybridized carbons (Fsp3) is 0.133. The molecule has 2 aromatic carbocycles. The van der Waals surface area contributed by atoms with Gasteiger partial charge in [0.15, 0.2) is 0 Å². The molecule has 0 aliphatic rings. The first-order valence-electron chi connectivity index (χ1n) is 6.02. The van der Waals surface area contributed by atoms with Gasteiger partial charge in [0.1, 0.15) is 11.4 Å². The molecule has 3 N–H and O–H groups in total. The first-order valence-corrected chi connectivity index (χ1v) is 6.40. The summed E-state index contributed by atoms with van der Waals surface area (Å²) in [5.74, 6) is -1.06. The number of carbonyl (C=O) groups excluding carboxylic acids is 1. The van der Waals surface area contributed by atoms with Crippen molar-refractivity contribution in [3.05, 3.63) is 64.9 Å². The lowest BCUT2D eigenvalue weighted by molar-refractivity contribution is -0.122. The average Bonchev–Trinajstić information content (AvgIpc) is 2.41. The van der Waals surface area contributed by atoms with Gasteiger partial charge in [-0.25, -0.2) is 4.39 Å². The van der Waals surface area contributed by atoms with Crippen molar-refractivity contribution in [1.82, 2.24) is 0 Å². The number of carbonyl (C=O) groups is 1. The third-order valence-electron chi connectivity index (χ3n) is 3.15. The molecule has 20 heavy (non-hydrogen) atoms. The molecule has 3 nitrogen and oxygen atoms in total. The maximum absolute atomic E-state index is 13.4. The van der Waals surface area contributed by atoms with Gasteiger partial charge in [-0.05, 0) is 36.8 Å². The minimum Gasteiger partial charge on any atom is -0.367 e. The Hall–Kier alpha value is -2.07. The van der Waals surface area contributed by atoms with E-state index >= 15 is 0 Å². The highest BCUT2D eigenvalue weighted by molar-refractivity contribution is 6.33. The van der Waals surface area contributed by atoms with Crippen LogP contribution in [0.1, 0.15) is 12.5 Å². The second kappa shape index (κ2) is 5.51. The number of primary amides is 1. The molecule has 2 aromatic rings. The van der Waals surface area contributed by atoms with Crippen molar-refractivity contribution in [2.45, 2.75) is 12.5 Å². The van der Waals surface area contributed by atoms with E-state index in [2.05, 4.69) is 5.32 Å². The number of hydrogen-bond acceptors (Lipinski definition) is 2. The Morgan fingerprint density at radius 2 is 1.95 bits per heavy atom. The van der Waals surface area contributed by atoms with Crippen LogP contribution in [0.15, 0.2) is 48.5 Å². The van der Waals surface area contributed by atoms with Crippen molar-refractivity contribution >= 4 is 23.2 Å². The summed E-state index contributed by atoms with van der Waals surface area (Å²) >= 11 is 6.07. The molecule has 1 atom stereocenters. The molecular formula is C15H14ClFN2O. The quantitative estimate of drug-likeness (QED) is 0.908. The lowest BCUT2D eigenvalue weighted by atomic mass is 9.90. The number of nitrogens with one attached hydrogen (secondary N) is 1. The van der Waals surface area contributed by atoms with Crippen LogP contribution in [0, 0.1) is 5.82 Å². The zero-order chi connectivity index (χ0) is 14.8. The largest absolute Gasteiger partial charge is 0.367 e. The van der Waals surface area contributed by atoms with Gasteiger partial charge in [0.05, 0.1) is 10.7 Å². The molecule has 1 amide bonds. The van der Waals surface area contributed by atoms with Gasteiger partial charge in [-0.2, -0.15) is 0 Å². The second-order valence-electron chi connectivity index (χ2n) is 4.60. The average molecular weight is 293 g/mol. The molecule has 0 heterocycles. The summed E-state index contributed by atoms with van der Waals surface area (Å²) in [6, 6.07) is 12.7. The summed E-state index contributed by atoms with van der Waals surface area (Å²) in [6.45, 7) is 1.59. The van der Waals surface area contributed by atoms with Crippen LogP contribution in [0.3, 0.4) is 0 Å². The molecule has 0 spiro atoms. The van der Waals surface area contributed by atoms with Gasteiger partial charge in [-0.1, -0.05) is 35.9 Å². The van der Waals surface area contributed by atoms with E-state index in [0.29, 0.717) is 16.3 Å². The third kappa shape index (κ3) is 2.75. The Morgan fingerprint density at radius 1 is 1.25 bits per heavy atom. The zero-order valence-corrected chi connectivity index (χ0v) is 11.6. The Balaban J connectivity index is 2.46. The first-order chi connectivity index (χ1) is 9.43. The number of amides is 1. The Morgan fingerprint density at radius 3 is 2.55 bits per heavy atom.